The van der Waals surface area contributed by atoms with Crippen LogP contribution in [-0.2, 0) is 23.8 Å². The van der Waals surface area contributed by atoms with Crippen LogP contribution in [0, 0.1) is 0 Å². The molecule has 3 aliphatic rings. The van der Waals surface area contributed by atoms with E-state index in [1.165, 1.54) is 6.92 Å². The number of hydrogen-bond acceptors (Lipinski definition) is 16. The zero-order valence-electron chi connectivity index (χ0n) is 25.1. The van der Waals surface area contributed by atoms with E-state index in [9.17, 15) is 25.5 Å². The van der Waals surface area contributed by atoms with Crippen molar-refractivity contribution in [1.82, 2.24) is 10.6 Å². The van der Waals surface area contributed by atoms with Gasteiger partial charge in [0.05, 0.1) is 30.9 Å². The number of nitrogens with two attached hydrogens (primary N) is 5. The van der Waals surface area contributed by atoms with Crippen molar-refractivity contribution in [2.24, 2.45) is 33.8 Å². The predicted molar refractivity (Wildman–Crippen MR) is 157 cm³/mol. The summed E-state index contributed by atoms with van der Waals surface area (Å²) < 4.78 is 23.8. The molecule has 12 atom stereocenters. The van der Waals surface area contributed by atoms with Crippen molar-refractivity contribution < 1.29 is 49.3 Å². The van der Waals surface area contributed by atoms with Gasteiger partial charge in [0.2, 0.25) is 12.2 Å². The largest absolute Gasteiger partial charge is 0.467 e. The minimum atomic E-state index is -1.40. The fraction of sp³-hybridized carbons (Fsp3) is 0.885. The number of aliphatic hydroxyl groups is 5. The fourth-order valence-electron chi connectivity index (χ4n) is 5.34. The van der Waals surface area contributed by atoms with E-state index in [0.717, 1.165) is 0 Å². The van der Waals surface area contributed by atoms with E-state index in [2.05, 4.69) is 15.8 Å². The zero-order valence-corrected chi connectivity index (χ0v) is 25.1. The molecule has 0 aromatic heterocycles. The molecule has 0 aromatic carbocycles. The summed E-state index contributed by atoms with van der Waals surface area (Å²) in [4.78, 5) is 4.95. The number of aliphatic hydroxyl groups excluding tert-OH is 4. The molecule has 18 heteroatoms. The van der Waals surface area contributed by atoms with Crippen LogP contribution < -0.4 is 39.3 Å². The number of nitrogens with zero attached hydrogens (tertiary/aromatic N) is 1. The molecule has 1 saturated carbocycles. The molecule has 1 saturated heterocycles. The molecule has 2 heterocycles. The average Bonchev–Trinajstić information content (AvgIpc) is 2.94. The molecule has 3 rings (SSSR count). The number of nitrogens with one attached hydrogen (secondary N) is 2. The van der Waals surface area contributed by atoms with E-state index in [4.69, 9.17) is 52.5 Å². The van der Waals surface area contributed by atoms with Gasteiger partial charge in [-0.2, -0.15) is 0 Å². The van der Waals surface area contributed by atoms with Gasteiger partial charge in [-0.1, -0.05) is 0 Å². The molecule has 0 aromatic rings. The highest BCUT2D eigenvalue weighted by Crippen LogP contribution is 2.32. The second-order valence-electron chi connectivity index (χ2n) is 11.8. The first-order chi connectivity index (χ1) is 20.8. The lowest BCUT2D eigenvalue weighted by Crippen LogP contribution is -2.67. The maximum Gasteiger partial charge on any atom is 0.228 e. The second-order valence-corrected chi connectivity index (χ2v) is 11.8. The molecule has 2 aliphatic heterocycles. The van der Waals surface area contributed by atoms with Gasteiger partial charge in [0.1, 0.15) is 43.0 Å². The molecule has 17 N–H and O–H groups in total. The van der Waals surface area contributed by atoms with Crippen LogP contribution in [0.25, 0.3) is 0 Å². The molecule has 18 nitrogen and oxygen atoms in total. The van der Waals surface area contributed by atoms with Crippen LogP contribution in [-0.4, -0.2) is 137 Å². The lowest BCUT2D eigenvalue weighted by molar-refractivity contribution is -0.298. The van der Waals surface area contributed by atoms with Crippen molar-refractivity contribution in [3.8, 4) is 0 Å². The standard InChI is InChI=1S/C26H52N8O10/c1-26(39)10-18(36)24(40-12-26)44-21-16(33-22(38)17(35)5-6-27)9-15(29)20(19(21)37)43-23-14(28)4-3-13(42-23)11-32-7-2-8-41-34-25(30)31/h3,14-24,32-33,35-39H,2,4-12,27-29H2,1H3,(H4,30,31,34)/t14-,15+,16-,17+,18-,19+,20-,21+,22?,23-,24-,26-/m1/s1. The first-order valence-corrected chi connectivity index (χ1v) is 14.9. The van der Waals surface area contributed by atoms with Gasteiger partial charge in [-0.25, -0.2) is 0 Å². The minimum absolute atomic E-state index is 0.0208. The third kappa shape index (κ3) is 10.9. The van der Waals surface area contributed by atoms with E-state index in [1.807, 2.05) is 6.08 Å². The molecule has 0 bridgehead atoms. The summed E-state index contributed by atoms with van der Waals surface area (Å²) in [5, 5.41) is 62.7. The molecule has 1 unspecified atom stereocenters. The molecule has 0 amide bonds. The normalized spacial score (nSPS) is 37.4. The van der Waals surface area contributed by atoms with Crippen molar-refractivity contribution in [3.63, 3.8) is 0 Å². The summed E-state index contributed by atoms with van der Waals surface area (Å²) >= 11 is 0. The highest BCUT2D eigenvalue weighted by atomic mass is 16.7. The average molecular weight is 637 g/mol. The highest BCUT2D eigenvalue weighted by Gasteiger charge is 2.49. The number of ether oxygens (including phenoxy) is 4. The van der Waals surface area contributed by atoms with Gasteiger partial charge < -0.3 is 83.3 Å². The SMILES string of the molecule is C[C@]1(O)CO[C@H](O[C@@H]2[C@@H](O)[C@H](O[C@H]3OC(CNCCCON=C(N)N)=CC[C@H]3N)[C@@H](N)C[C@H]2NC(O)[C@@H](O)CCN)[C@H](O)C1. The number of hydrogen-bond donors (Lipinski definition) is 12. The van der Waals surface area contributed by atoms with Gasteiger partial charge in [0.25, 0.3) is 0 Å². The molecular formula is C26H52N8O10. The van der Waals surface area contributed by atoms with Crippen molar-refractivity contribution in [1.29, 1.82) is 0 Å². The van der Waals surface area contributed by atoms with Gasteiger partial charge >= 0.3 is 0 Å². The molecule has 0 radical (unpaired) electrons. The van der Waals surface area contributed by atoms with Gasteiger partial charge in [0.15, 0.2) is 6.29 Å². The van der Waals surface area contributed by atoms with Gasteiger partial charge in [-0.05, 0) is 56.9 Å². The van der Waals surface area contributed by atoms with Crippen LogP contribution in [0.2, 0.25) is 0 Å². The Hall–Kier alpha value is -1.91. The Bertz CT molecular complexity index is 929. The number of oxime groups is 1. The van der Waals surface area contributed by atoms with Crippen LogP contribution in [0.15, 0.2) is 17.0 Å². The number of rotatable bonds is 16. The monoisotopic (exact) mass is 636 g/mol. The van der Waals surface area contributed by atoms with Crippen molar-refractivity contribution in [2.75, 3.05) is 32.8 Å². The van der Waals surface area contributed by atoms with E-state index >= 15 is 0 Å². The summed E-state index contributed by atoms with van der Waals surface area (Å²) in [5.74, 6) is 0.442. The summed E-state index contributed by atoms with van der Waals surface area (Å²) in [6, 6.07) is -2.12. The highest BCUT2D eigenvalue weighted by molar-refractivity contribution is 5.74. The first-order valence-electron chi connectivity index (χ1n) is 14.9. The summed E-state index contributed by atoms with van der Waals surface area (Å²) in [6.07, 6.45) is -6.32. The molecular weight excluding hydrogens is 584 g/mol. The lowest BCUT2D eigenvalue weighted by atomic mass is 9.83. The lowest BCUT2D eigenvalue weighted by Gasteiger charge is -2.47. The third-order valence-electron chi connectivity index (χ3n) is 7.63. The Morgan fingerprint density at radius 3 is 2.57 bits per heavy atom. The Morgan fingerprint density at radius 1 is 1.16 bits per heavy atom. The van der Waals surface area contributed by atoms with Crippen molar-refractivity contribution in [2.45, 2.75) is 112 Å². The maximum absolute atomic E-state index is 11.5. The Kier molecular flexibility index (Phi) is 14.2. The van der Waals surface area contributed by atoms with Gasteiger partial charge in [-0.3, -0.25) is 5.32 Å². The molecule has 44 heavy (non-hydrogen) atoms. The summed E-state index contributed by atoms with van der Waals surface area (Å²) in [7, 11) is 0. The van der Waals surface area contributed by atoms with E-state index in [-0.39, 0.29) is 38.4 Å². The molecule has 256 valence electrons. The topological polar surface area (TPSA) is 314 Å². The summed E-state index contributed by atoms with van der Waals surface area (Å²) in [5.41, 5.74) is 27.4. The van der Waals surface area contributed by atoms with Crippen LogP contribution in [0.3, 0.4) is 0 Å². The van der Waals surface area contributed by atoms with Gasteiger partial charge in [-0.15, -0.1) is 0 Å². The van der Waals surface area contributed by atoms with Crippen LogP contribution in [0.4, 0.5) is 0 Å². The minimum Gasteiger partial charge on any atom is -0.467 e. The Labute approximate surface area is 256 Å². The van der Waals surface area contributed by atoms with Crippen LogP contribution in [0.5, 0.6) is 0 Å². The second kappa shape index (κ2) is 17.1. The first kappa shape index (κ1) is 36.6. The van der Waals surface area contributed by atoms with E-state index in [0.29, 0.717) is 38.3 Å². The molecule has 2 fully saturated rings. The fourth-order valence-corrected chi connectivity index (χ4v) is 5.34. The van der Waals surface area contributed by atoms with Crippen LogP contribution in [0.1, 0.15) is 39.0 Å². The number of guanidine groups is 1. The maximum atomic E-state index is 11.5. The molecule has 0 spiro atoms. The molecule has 1 aliphatic carbocycles. The van der Waals surface area contributed by atoms with Crippen LogP contribution >= 0.6 is 0 Å². The quantitative estimate of drug-likeness (QED) is 0.0248. The van der Waals surface area contributed by atoms with E-state index < -0.39 is 73.1 Å². The summed E-state index contributed by atoms with van der Waals surface area (Å²) in [6.45, 7) is 2.86. The van der Waals surface area contributed by atoms with Crippen molar-refractivity contribution >= 4 is 5.96 Å². The van der Waals surface area contributed by atoms with Crippen molar-refractivity contribution in [3.05, 3.63) is 11.8 Å². The Balaban J connectivity index is 1.64. The van der Waals surface area contributed by atoms with E-state index in [1.54, 1.807) is 0 Å². The third-order valence-corrected chi connectivity index (χ3v) is 7.63. The Morgan fingerprint density at radius 2 is 1.89 bits per heavy atom. The van der Waals surface area contributed by atoms with Gasteiger partial charge in [0, 0.05) is 18.5 Å². The zero-order chi connectivity index (χ0) is 32.4. The predicted octanol–water partition coefficient (Wildman–Crippen LogP) is -5.16. The smallest absolute Gasteiger partial charge is 0.228 e.